The van der Waals surface area contributed by atoms with E-state index < -0.39 is 18.0 Å². The molecule has 7 heteroatoms. The van der Waals surface area contributed by atoms with Crippen LogP contribution in [-0.2, 0) is 4.79 Å². The maximum atomic E-state index is 12.3. The van der Waals surface area contributed by atoms with Gasteiger partial charge in [-0.15, -0.1) is 0 Å². The molecule has 0 spiro atoms. The summed E-state index contributed by atoms with van der Waals surface area (Å²) in [7, 11) is 0. The number of amides is 2. The lowest BCUT2D eigenvalue weighted by Gasteiger charge is -2.32. The molecule has 0 radical (unpaired) electrons. The number of carbonyl (C=O) groups is 2. The first-order valence-corrected chi connectivity index (χ1v) is 7.88. The maximum absolute atomic E-state index is 12.3. The summed E-state index contributed by atoms with van der Waals surface area (Å²) >= 11 is 1.55. The highest BCUT2D eigenvalue weighted by atomic mass is 32.2. The summed E-state index contributed by atoms with van der Waals surface area (Å²) in [6, 6.07) is 5.87. The number of benzene rings is 1. The third kappa shape index (κ3) is 4.04. The van der Waals surface area contributed by atoms with E-state index in [2.05, 4.69) is 5.32 Å². The van der Waals surface area contributed by atoms with Gasteiger partial charge in [0.05, 0.1) is 6.61 Å². The highest BCUT2D eigenvalue weighted by molar-refractivity contribution is 7.99. The summed E-state index contributed by atoms with van der Waals surface area (Å²) in [5.74, 6) is 0.859. The zero-order chi connectivity index (χ0) is 15.2. The second-order valence-corrected chi connectivity index (χ2v) is 5.66. The number of nitrogens with one attached hydrogen (secondary N) is 1. The van der Waals surface area contributed by atoms with Gasteiger partial charge in [0.15, 0.2) is 0 Å². The van der Waals surface area contributed by atoms with Crippen molar-refractivity contribution in [2.24, 2.45) is 0 Å². The lowest BCUT2D eigenvalue weighted by molar-refractivity contribution is -0.141. The molecule has 2 rings (SSSR count). The molecule has 2 amide bonds. The minimum Gasteiger partial charge on any atom is -0.494 e. The predicted octanol–water partition coefficient (Wildman–Crippen LogP) is 2.12. The molecule has 1 aromatic carbocycles. The first kappa shape index (κ1) is 15.5. The van der Waals surface area contributed by atoms with Crippen LogP contribution in [0.4, 0.5) is 10.5 Å². The minimum absolute atomic E-state index is 0.392. The molecule has 6 nitrogen and oxygen atoms in total. The van der Waals surface area contributed by atoms with Crippen molar-refractivity contribution in [1.82, 2.24) is 4.90 Å². The number of carbonyl (C=O) groups excluding carboxylic acids is 1. The Kier molecular flexibility index (Phi) is 5.32. The monoisotopic (exact) mass is 310 g/mol. The number of aliphatic carboxylic acids is 1. The van der Waals surface area contributed by atoms with Gasteiger partial charge in [-0.1, -0.05) is 6.07 Å². The second kappa shape index (κ2) is 7.21. The fraction of sp³-hybridized carbons (Fsp3) is 0.429. The van der Waals surface area contributed by atoms with Crippen molar-refractivity contribution in [3.05, 3.63) is 24.3 Å². The van der Waals surface area contributed by atoms with Crippen molar-refractivity contribution < 1.29 is 19.4 Å². The Morgan fingerprint density at radius 3 is 3.05 bits per heavy atom. The minimum atomic E-state index is -0.972. The van der Waals surface area contributed by atoms with E-state index in [-0.39, 0.29) is 0 Å². The lowest BCUT2D eigenvalue weighted by Crippen LogP contribution is -2.51. The summed E-state index contributed by atoms with van der Waals surface area (Å²) in [6.45, 7) is 2.86. The van der Waals surface area contributed by atoms with E-state index >= 15 is 0 Å². The summed E-state index contributed by atoms with van der Waals surface area (Å²) in [6.07, 6.45) is 0. The molecule has 1 heterocycles. The van der Waals surface area contributed by atoms with Crippen LogP contribution in [0.3, 0.4) is 0 Å². The quantitative estimate of drug-likeness (QED) is 0.890. The van der Waals surface area contributed by atoms with Gasteiger partial charge >= 0.3 is 12.0 Å². The van der Waals surface area contributed by atoms with E-state index in [0.717, 1.165) is 5.75 Å². The molecule has 0 saturated carbocycles. The molecule has 0 aliphatic carbocycles. The number of ether oxygens (including phenoxy) is 1. The van der Waals surface area contributed by atoms with Crippen LogP contribution in [0.2, 0.25) is 0 Å². The Morgan fingerprint density at radius 2 is 2.33 bits per heavy atom. The van der Waals surface area contributed by atoms with Crippen LogP contribution in [0, 0.1) is 0 Å². The maximum Gasteiger partial charge on any atom is 0.327 e. The fourth-order valence-corrected chi connectivity index (χ4v) is 3.12. The largest absolute Gasteiger partial charge is 0.494 e. The van der Waals surface area contributed by atoms with Crippen LogP contribution in [0.1, 0.15) is 6.92 Å². The van der Waals surface area contributed by atoms with E-state index in [1.807, 2.05) is 6.92 Å². The molecule has 0 bridgehead atoms. The zero-order valence-corrected chi connectivity index (χ0v) is 12.6. The number of anilines is 1. The molecule has 1 atom stereocenters. The molecule has 1 aliphatic rings. The van der Waals surface area contributed by atoms with Gasteiger partial charge in [-0.2, -0.15) is 11.8 Å². The van der Waals surface area contributed by atoms with Crippen molar-refractivity contribution in [2.75, 3.05) is 30.0 Å². The fourth-order valence-electron chi connectivity index (χ4n) is 2.08. The molecule has 1 saturated heterocycles. The number of carboxylic acid groups (broad SMARTS) is 1. The standard InChI is InChI=1S/C14H18N2O4S/c1-2-20-11-5-3-4-10(8-11)15-14(19)16-6-7-21-9-12(16)13(17)18/h3-5,8,12H,2,6-7,9H2,1H3,(H,15,19)(H,17,18). The SMILES string of the molecule is CCOc1cccc(NC(=O)N2CCSCC2C(=O)O)c1. The highest BCUT2D eigenvalue weighted by Gasteiger charge is 2.32. The smallest absolute Gasteiger partial charge is 0.327 e. The molecule has 114 valence electrons. The average Bonchev–Trinajstić information content (AvgIpc) is 2.48. The van der Waals surface area contributed by atoms with Crippen LogP contribution in [0.5, 0.6) is 5.75 Å². The third-order valence-electron chi connectivity index (χ3n) is 3.07. The van der Waals surface area contributed by atoms with Gasteiger partial charge in [0.2, 0.25) is 0 Å². The van der Waals surface area contributed by atoms with Crippen LogP contribution < -0.4 is 10.1 Å². The number of nitrogens with zero attached hydrogens (tertiary/aromatic N) is 1. The van der Waals surface area contributed by atoms with Crippen molar-refractivity contribution in [3.8, 4) is 5.75 Å². The Balaban J connectivity index is 2.05. The number of rotatable bonds is 4. The summed E-state index contributed by atoms with van der Waals surface area (Å²) in [5.41, 5.74) is 0.591. The van der Waals surface area contributed by atoms with Gasteiger partial charge in [0, 0.05) is 29.8 Å². The lowest BCUT2D eigenvalue weighted by atomic mass is 10.2. The summed E-state index contributed by atoms with van der Waals surface area (Å²) in [5, 5.41) is 11.9. The van der Waals surface area contributed by atoms with Gasteiger partial charge in [-0.3, -0.25) is 0 Å². The van der Waals surface area contributed by atoms with Crippen molar-refractivity contribution in [3.63, 3.8) is 0 Å². The van der Waals surface area contributed by atoms with Crippen LogP contribution >= 0.6 is 11.8 Å². The van der Waals surface area contributed by atoms with E-state index in [1.165, 1.54) is 4.90 Å². The first-order valence-electron chi connectivity index (χ1n) is 6.73. The van der Waals surface area contributed by atoms with E-state index in [4.69, 9.17) is 4.74 Å². The van der Waals surface area contributed by atoms with Crippen molar-refractivity contribution in [2.45, 2.75) is 13.0 Å². The Hall–Kier alpha value is -1.89. The number of carboxylic acids is 1. The molecule has 2 N–H and O–H groups in total. The van der Waals surface area contributed by atoms with Gasteiger partial charge in [-0.25, -0.2) is 9.59 Å². The van der Waals surface area contributed by atoms with Crippen molar-refractivity contribution >= 4 is 29.4 Å². The van der Waals surface area contributed by atoms with Crippen molar-refractivity contribution in [1.29, 1.82) is 0 Å². The van der Waals surface area contributed by atoms with Gasteiger partial charge < -0.3 is 20.1 Å². The molecule has 21 heavy (non-hydrogen) atoms. The zero-order valence-electron chi connectivity index (χ0n) is 11.7. The van der Waals surface area contributed by atoms with Crippen LogP contribution in [-0.4, -0.2) is 52.7 Å². The molecule has 1 aliphatic heterocycles. The Morgan fingerprint density at radius 1 is 1.52 bits per heavy atom. The second-order valence-electron chi connectivity index (χ2n) is 4.51. The topological polar surface area (TPSA) is 78.9 Å². The van der Waals surface area contributed by atoms with Gasteiger partial charge in [-0.05, 0) is 19.1 Å². The number of urea groups is 1. The first-order chi connectivity index (χ1) is 10.1. The van der Waals surface area contributed by atoms with Crippen LogP contribution in [0.25, 0.3) is 0 Å². The van der Waals surface area contributed by atoms with Gasteiger partial charge in [0.25, 0.3) is 0 Å². The van der Waals surface area contributed by atoms with E-state index in [1.54, 1.807) is 36.0 Å². The number of hydrogen-bond acceptors (Lipinski definition) is 4. The van der Waals surface area contributed by atoms with E-state index in [9.17, 15) is 14.7 Å². The molecular weight excluding hydrogens is 292 g/mol. The van der Waals surface area contributed by atoms with E-state index in [0.29, 0.717) is 30.3 Å². The highest BCUT2D eigenvalue weighted by Crippen LogP contribution is 2.20. The number of thioether (sulfide) groups is 1. The number of hydrogen-bond donors (Lipinski definition) is 2. The van der Waals surface area contributed by atoms with Crippen LogP contribution in [0.15, 0.2) is 24.3 Å². The summed E-state index contributed by atoms with van der Waals surface area (Å²) < 4.78 is 5.37. The molecular formula is C14H18N2O4S. The molecule has 1 fully saturated rings. The van der Waals surface area contributed by atoms with Gasteiger partial charge in [0.1, 0.15) is 11.8 Å². The summed E-state index contributed by atoms with van der Waals surface area (Å²) in [4.78, 5) is 24.8. The normalized spacial score (nSPS) is 18.1. The average molecular weight is 310 g/mol. The molecule has 1 unspecified atom stereocenters. The molecule has 0 aromatic heterocycles. The molecule has 1 aromatic rings. The third-order valence-corrected chi connectivity index (χ3v) is 4.09. The predicted molar refractivity (Wildman–Crippen MR) is 82.1 cm³/mol. The Labute approximate surface area is 127 Å². The Bertz CT molecular complexity index is 523.